The number of benzene rings is 4. The number of hydrogen-bond acceptors (Lipinski definition) is 1. The van der Waals surface area contributed by atoms with Gasteiger partial charge in [0.15, 0.2) is 0 Å². The standard InChI is InChI=1S/C23H23NO.C6H6/c1-16-7-6-10-21(17(16)2)22(23(24)25)15-18-11-13-20(14-12-18)19-8-4-3-5-9-19;1-2-4-6-5-3-1/h3-14,22H,15H2,1-2H3,(H2,24,25);1-6H. The lowest BCUT2D eigenvalue weighted by atomic mass is 9.87. The van der Waals surface area contributed by atoms with Gasteiger partial charge in [0, 0.05) is 0 Å². The van der Waals surface area contributed by atoms with Crippen LogP contribution in [0.3, 0.4) is 0 Å². The fourth-order valence-corrected chi connectivity index (χ4v) is 3.60. The van der Waals surface area contributed by atoms with Crippen LogP contribution in [0.25, 0.3) is 11.1 Å². The highest BCUT2D eigenvalue weighted by Gasteiger charge is 2.20. The van der Waals surface area contributed by atoms with Crippen LogP contribution in [0.5, 0.6) is 0 Å². The summed E-state index contributed by atoms with van der Waals surface area (Å²) in [4.78, 5) is 12.1. The van der Waals surface area contributed by atoms with E-state index in [0.717, 1.165) is 16.7 Å². The molecule has 0 aliphatic rings. The summed E-state index contributed by atoms with van der Waals surface area (Å²) in [6.45, 7) is 4.12. The van der Waals surface area contributed by atoms with Crippen LogP contribution in [0.4, 0.5) is 0 Å². The topological polar surface area (TPSA) is 43.1 Å². The summed E-state index contributed by atoms with van der Waals surface area (Å²) in [6, 6.07) is 36.7. The van der Waals surface area contributed by atoms with E-state index in [4.69, 9.17) is 5.73 Å². The van der Waals surface area contributed by atoms with Crippen LogP contribution < -0.4 is 5.73 Å². The highest BCUT2D eigenvalue weighted by molar-refractivity contribution is 5.83. The summed E-state index contributed by atoms with van der Waals surface area (Å²) >= 11 is 0. The summed E-state index contributed by atoms with van der Waals surface area (Å²) in [5.74, 6) is -0.580. The Morgan fingerprint density at radius 3 is 1.74 bits per heavy atom. The lowest BCUT2D eigenvalue weighted by Crippen LogP contribution is -2.24. The van der Waals surface area contributed by atoms with E-state index in [1.165, 1.54) is 16.7 Å². The van der Waals surface area contributed by atoms with Gasteiger partial charge in [-0.1, -0.05) is 109 Å². The number of rotatable bonds is 5. The second-order valence-corrected chi connectivity index (χ2v) is 7.67. The molecule has 156 valence electrons. The van der Waals surface area contributed by atoms with Crippen molar-refractivity contribution in [3.8, 4) is 11.1 Å². The maximum Gasteiger partial charge on any atom is 0.225 e. The van der Waals surface area contributed by atoms with E-state index in [2.05, 4.69) is 56.3 Å². The van der Waals surface area contributed by atoms with Crippen molar-refractivity contribution in [3.05, 3.63) is 131 Å². The molecule has 2 heteroatoms. The first-order valence-electron chi connectivity index (χ1n) is 10.6. The average molecular weight is 408 g/mol. The van der Waals surface area contributed by atoms with Crippen LogP contribution in [0.15, 0.2) is 109 Å². The molecular weight excluding hydrogens is 378 g/mol. The smallest absolute Gasteiger partial charge is 0.225 e. The summed E-state index contributed by atoms with van der Waals surface area (Å²) in [5.41, 5.74) is 12.6. The second kappa shape index (κ2) is 10.9. The maximum absolute atomic E-state index is 12.1. The van der Waals surface area contributed by atoms with Crippen molar-refractivity contribution in [1.82, 2.24) is 0 Å². The summed E-state index contributed by atoms with van der Waals surface area (Å²) < 4.78 is 0. The summed E-state index contributed by atoms with van der Waals surface area (Å²) in [5, 5.41) is 0. The molecule has 4 aromatic carbocycles. The molecule has 31 heavy (non-hydrogen) atoms. The van der Waals surface area contributed by atoms with Crippen LogP contribution in [0.2, 0.25) is 0 Å². The van der Waals surface area contributed by atoms with Gasteiger partial charge in [0.25, 0.3) is 0 Å². The third kappa shape index (κ3) is 6.16. The number of hydrogen-bond donors (Lipinski definition) is 1. The summed E-state index contributed by atoms with van der Waals surface area (Å²) in [7, 11) is 0. The quantitative estimate of drug-likeness (QED) is 0.405. The van der Waals surface area contributed by atoms with Gasteiger partial charge in [0.2, 0.25) is 5.91 Å². The van der Waals surface area contributed by atoms with E-state index in [0.29, 0.717) is 6.42 Å². The lowest BCUT2D eigenvalue weighted by molar-refractivity contribution is -0.119. The molecule has 1 unspecified atom stereocenters. The summed E-state index contributed by atoms with van der Waals surface area (Å²) in [6.07, 6.45) is 0.620. The lowest BCUT2D eigenvalue weighted by Gasteiger charge is -2.18. The van der Waals surface area contributed by atoms with E-state index in [1.807, 2.05) is 66.7 Å². The molecule has 0 radical (unpaired) electrons. The van der Waals surface area contributed by atoms with Gasteiger partial charge in [-0.25, -0.2) is 0 Å². The number of amides is 1. The van der Waals surface area contributed by atoms with Crippen molar-refractivity contribution in [2.75, 3.05) is 0 Å². The van der Waals surface area contributed by atoms with E-state index < -0.39 is 0 Å². The Kier molecular flexibility index (Phi) is 7.78. The van der Waals surface area contributed by atoms with Crippen molar-refractivity contribution in [2.45, 2.75) is 26.2 Å². The van der Waals surface area contributed by atoms with E-state index in [-0.39, 0.29) is 11.8 Å². The van der Waals surface area contributed by atoms with Crippen LogP contribution in [0.1, 0.15) is 28.2 Å². The molecule has 0 aliphatic carbocycles. The third-order valence-electron chi connectivity index (χ3n) is 5.53. The van der Waals surface area contributed by atoms with Gasteiger partial charge in [-0.2, -0.15) is 0 Å². The molecule has 0 aromatic heterocycles. The number of carbonyl (C=O) groups excluding carboxylic acids is 1. The van der Waals surface area contributed by atoms with Crippen molar-refractivity contribution in [1.29, 1.82) is 0 Å². The predicted octanol–water partition coefficient (Wildman–Crippen LogP) is 6.47. The van der Waals surface area contributed by atoms with Gasteiger partial charge >= 0.3 is 0 Å². The van der Waals surface area contributed by atoms with Crippen LogP contribution in [0, 0.1) is 13.8 Å². The van der Waals surface area contributed by atoms with Crippen molar-refractivity contribution >= 4 is 5.91 Å². The largest absolute Gasteiger partial charge is 0.369 e. The minimum Gasteiger partial charge on any atom is -0.369 e. The molecule has 0 bridgehead atoms. The molecule has 2 nitrogen and oxygen atoms in total. The fourth-order valence-electron chi connectivity index (χ4n) is 3.60. The molecule has 4 aromatic rings. The zero-order valence-corrected chi connectivity index (χ0v) is 18.2. The molecule has 0 saturated heterocycles. The van der Waals surface area contributed by atoms with Gasteiger partial charge in [0.1, 0.15) is 0 Å². The van der Waals surface area contributed by atoms with Crippen molar-refractivity contribution in [3.63, 3.8) is 0 Å². The minimum atomic E-state index is -0.303. The number of aryl methyl sites for hydroxylation is 1. The molecule has 0 fully saturated rings. The first kappa shape index (κ1) is 22.0. The fraction of sp³-hybridized carbons (Fsp3) is 0.138. The first-order chi connectivity index (χ1) is 15.1. The molecular formula is C29H29NO. The van der Waals surface area contributed by atoms with Gasteiger partial charge < -0.3 is 5.73 Å². The molecule has 0 heterocycles. The number of carbonyl (C=O) groups is 1. The maximum atomic E-state index is 12.1. The van der Waals surface area contributed by atoms with Gasteiger partial charge in [-0.05, 0) is 53.6 Å². The third-order valence-corrected chi connectivity index (χ3v) is 5.53. The molecule has 0 saturated carbocycles. The zero-order valence-electron chi connectivity index (χ0n) is 18.2. The van der Waals surface area contributed by atoms with E-state index in [1.54, 1.807) is 0 Å². The van der Waals surface area contributed by atoms with Gasteiger partial charge in [-0.15, -0.1) is 0 Å². The first-order valence-corrected chi connectivity index (χ1v) is 10.6. The molecule has 2 N–H and O–H groups in total. The molecule has 4 rings (SSSR count). The van der Waals surface area contributed by atoms with Crippen LogP contribution >= 0.6 is 0 Å². The van der Waals surface area contributed by atoms with Crippen LogP contribution in [-0.2, 0) is 11.2 Å². The van der Waals surface area contributed by atoms with Crippen molar-refractivity contribution < 1.29 is 4.79 Å². The molecule has 1 amide bonds. The Labute approximate surface area is 185 Å². The van der Waals surface area contributed by atoms with Crippen LogP contribution in [-0.4, -0.2) is 5.91 Å². The Hall–Kier alpha value is -3.65. The van der Waals surface area contributed by atoms with Gasteiger partial charge in [0.05, 0.1) is 5.92 Å². The highest BCUT2D eigenvalue weighted by Crippen LogP contribution is 2.27. The zero-order chi connectivity index (χ0) is 22.1. The Morgan fingerprint density at radius 2 is 1.19 bits per heavy atom. The molecule has 0 aliphatic heterocycles. The number of primary amides is 1. The normalized spacial score (nSPS) is 11.2. The minimum absolute atomic E-state index is 0.277. The Balaban J connectivity index is 0.000000391. The second-order valence-electron chi connectivity index (χ2n) is 7.67. The predicted molar refractivity (Wildman–Crippen MR) is 130 cm³/mol. The Bertz CT molecular complexity index is 1060. The SMILES string of the molecule is Cc1cccc(C(Cc2ccc(-c3ccccc3)cc2)C(N)=O)c1C.c1ccccc1. The molecule has 0 spiro atoms. The highest BCUT2D eigenvalue weighted by atomic mass is 16.1. The monoisotopic (exact) mass is 407 g/mol. The van der Waals surface area contributed by atoms with E-state index in [9.17, 15) is 4.79 Å². The molecule has 1 atom stereocenters. The Morgan fingerprint density at radius 1 is 0.677 bits per heavy atom. The average Bonchev–Trinajstić information content (AvgIpc) is 2.82. The van der Waals surface area contributed by atoms with Gasteiger partial charge in [-0.3, -0.25) is 4.79 Å². The van der Waals surface area contributed by atoms with E-state index >= 15 is 0 Å². The van der Waals surface area contributed by atoms with Crippen molar-refractivity contribution in [2.24, 2.45) is 5.73 Å². The number of nitrogens with two attached hydrogens (primary N) is 1.